The van der Waals surface area contributed by atoms with Gasteiger partial charge in [-0.3, -0.25) is 14.5 Å². The quantitative estimate of drug-likeness (QED) is 0.832. The molecule has 5 heteroatoms. The van der Waals surface area contributed by atoms with Crippen LogP contribution in [0.2, 0.25) is 0 Å². The number of carbonyl (C=O) groups excluding carboxylic acids is 1. The summed E-state index contributed by atoms with van der Waals surface area (Å²) >= 11 is 0. The van der Waals surface area contributed by atoms with Gasteiger partial charge >= 0.3 is 5.97 Å². The Morgan fingerprint density at radius 1 is 1.23 bits per heavy atom. The Hall–Kier alpha value is -1.10. The molecule has 0 aromatic rings. The summed E-state index contributed by atoms with van der Waals surface area (Å²) in [6.07, 6.45) is 7.50. The smallest absolute Gasteiger partial charge is 0.311 e. The van der Waals surface area contributed by atoms with Gasteiger partial charge in [0.15, 0.2) is 0 Å². The second kappa shape index (κ2) is 6.19. The molecule has 22 heavy (non-hydrogen) atoms. The first kappa shape index (κ1) is 15.8. The number of amides is 1. The molecule has 1 aliphatic heterocycles. The van der Waals surface area contributed by atoms with E-state index in [1.807, 2.05) is 0 Å². The fourth-order valence-corrected chi connectivity index (χ4v) is 4.85. The molecule has 2 aliphatic carbocycles. The Morgan fingerprint density at radius 3 is 2.68 bits per heavy atom. The number of rotatable bonds is 4. The maximum absolute atomic E-state index is 12.3. The van der Waals surface area contributed by atoms with Crippen LogP contribution in [0.25, 0.3) is 0 Å². The van der Waals surface area contributed by atoms with Gasteiger partial charge in [0.2, 0.25) is 5.91 Å². The average Bonchev–Trinajstić information content (AvgIpc) is 2.99. The van der Waals surface area contributed by atoms with Crippen LogP contribution in [-0.2, 0) is 9.59 Å². The van der Waals surface area contributed by atoms with E-state index in [2.05, 4.69) is 17.1 Å². The molecule has 2 saturated carbocycles. The summed E-state index contributed by atoms with van der Waals surface area (Å²) in [6.45, 7) is 3.87. The molecule has 0 bridgehead atoms. The second-order valence-electron chi connectivity index (χ2n) is 7.66. The molecular weight excluding hydrogens is 280 g/mol. The van der Waals surface area contributed by atoms with Crippen molar-refractivity contribution in [2.45, 2.75) is 57.9 Å². The van der Waals surface area contributed by atoms with E-state index in [1.165, 1.54) is 19.3 Å². The van der Waals surface area contributed by atoms with Crippen molar-refractivity contribution in [1.29, 1.82) is 0 Å². The summed E-state index contributed by atoms with van der Waals surface area (Å²) in [7, 11) is 0. The molecule has 2 unspecified atom stereocenters. The molecular formula is C17H28N2O3. The molecule has 0 aromatic heterocycles. The SMILES string of the molecule is CC1CCCCC1NC(=O)CN1C[C@@H]2CCC[C@@]2(C(=O)O)C1. The fraction of sp³-hybridized carbons (Fsp3) is 0.882. The van der Waals surface area contributed by atoms with E-state index in [-0.39, 0.29) is 11.8 Å². The number of carboxylic acids is 1. The normalized spacial score (nSPS) is 38.7. The second-order valence-corrected chi connectivity index (χ2v) is 7.66. The molecule has 0 radical (unpaired) electrons. The number of nitrogens with zero attached hydrogens (tertiary/aromatic N) is 1. The molecule has 3 rings (SSSR count). The zero-order valence-corrected chi connectivity index (χ0v) is 13.5. The van der Waals surface area contributed by atoms with Gasteiger partial charge in [-0.1, -0.05) is 26.2 Å². The predicted octanol–water partition coefficient (Wildman–Crippen LogP) is 1.87. The summed E-state index contributed by atoms with van der Waals surface area (Å²) in [4.78, 5) is 26.0. The van der Waals surface area contributed by atoms with Crippen molar-refractivity contribution in [1.82, 2.24) is 10.2 Å². The lowest BCUT2D eigenvalue weighted by molar-refractivity contribution is -0.149. The summed E-state index contributed by atoms with van der Waals surface area (Å²) < 4.78 is 0. The number of carboxylic acid groups (broad SMARTS) is 1. The third-order valence-corrected chi connectivity index (χ3v) is 6.19. The van der Waals surface area contributed by atoms with Gasteiger partial charge in [-0.05, 0) is 37.5 Å². The van der Waals surface area contributed by atoms with Crippen molar-refractivity contribution in [3.63, 3.8) is 0 Å². The van der Waals surface area contributed by atoms with Gasteiger partial charge in [0.25, 0.3) is 0 Å². The minimum absolute atomic E-state index is 0.0688. The number of likely N-dealkylation sites (tertiary alicyclic amines) is 1. The van der Waals surface area contributed by atoms with E-state index >= 15 is 0 Å². The fourth-order valence-electron chi connectivity index (χ4n) is 4.85. The standard InChI is InChI=1S/C17H28N2O3/c1-12-5-2-3-7-14(12)18-15(20)10-19-9-13-6-4-8-17(13,11-19)16(21)22/h12-14H,2-11H2,1H3,(H,18,20)(H,21,22)/t12?,13-,14?,17+/m0/s1. The van der Waals surface area contributed by atoms with Crippen LogP contribution in [0.5, 0.6) is 0 Å². The number of hydrogen-bond donors (Lipinski definition) is 2. The zero-order chi connectivity index (χ0) is 15.7. The number of carbonyl (C=O) groups is 2. The summed E-state index contributed by atoms with van der Waals surface area (Å²) in [6, 6.07) is 0.303. The van der Waals surface area contributed by atoms with Crippen LogP contribution in [-0.4, -0.2) is 47.6 Å². The van der Waals surface area contributed by atoms with E-state index in [9.17, 15) is 14.7 Å². The molecule has 0 aromatic carbocycles. The van der Waals surface area contributed by atoms with Crippen molar-refractivity contribution in [3.8, 4) is 0 Å². The molecule has 5 nitrogen and oxygen atoms in total. The Kier molecular flexibility index (Phi) is 4.44. The van der Waals surface area contributed by atoms with E-state index in [0.29, 0.717) is 25.0 Å². The first-order valence-corrected chi connectivity index (χ1v) is 8.76. The Balaban J connectivity index is 1.54. The van der Waals surface area contributed by atoms with E-state index in [1.54, 1.807) is 0 Å². The van der Waals surface area contributed by atoms with Crippen LogP contribution in [0.15, 0.2) is 0 Å². The Labute approximate surface area is 132 Å². The average molecular weight is 308 g/mol. The Morgan fingerprint density at radius 2 is 2.00 bits per heavy atom. The summed E-state index contributed by atoms with van der Waals surface area (Å²) in [5.41, 5.74) is -0.585. The monoisotopic (exact) mass is 308 g/mol. The van der Waals surface area contributed by atoms with Crippen LogP contribution in [0.4, 0.5) is 0 Å². The van der Waals surface area contributed by atoms with Gasteiger partial charge in [-0.15, -0.1) is 0 Å². The molecule has 0 spiro atoms. The minimum atomic E-state index is -0.668. The van der Waals surface area contributed by atoms with Crippen LogP contribution < -0.4 is 5.32 Å². The first-order valence-electron chi connectivity index (χ1n) is 8.76. The lowest BCUT2D eigenvalue weighted by atomic mass is 9.81. The van der Waals surface area contributed by atoms with Crippen molar-refractivity contribution in [2.24, 2.45) is 17.3 Å². The minimum Gasteiger partial charge on any atom is -0.481 e. The largest absolute Gasteiger partial charge is 0.481 e. The van der Waals surface area contributed by atoms with Gasteiger partial charge in [0.1, 0.15) is 0 Å². The molecule has 1 saturated heterocycles. The van der Waals surface area contributed by atoms with E-state index in [4.69, 9.17) is 0 Å². The van der Waals surface area contributed by atoms with Gasteiger partial charge in [0, 0.05) is 19.1 Å². The number of hydrogen-bond acceptors (Lipinski definition) is 3. The molecule has 3 aliphatic rings. The van der Waals surface area contributed by atoms with Crippen molar-refractivity contribution < 1.29 is 14.7 Å². The Bertz CT molecular complexity index is 453. The highest BCUT2D eigenvalue weighted by Gasteiger charge is 2.54. The maximum Gasteiger partial charge on any atom is 0.311 e. The van der Waals surface area contributed by atoms with E-state index < -0.39 is 11.4 Å². The van der Waals surface area contributed by atoms with Crippen LogP contribution in [0.3, 0.4) is 0 Å². The van der Waals surface area contributed by atoms with Crippen LogP contribution in [0, 0.1) is 17.3 Å². The predicted molar refractivity (Wildman–Crippen MR) is 83.4 cm³/mol. The molecule has 1 amide bonds. The lowest BCUT2D eigenvalue weighted by Crippen LogP contribution is -2.46. The third-order valence-electron chi connectivity index (χ3n) is 6.19. The zero-order valence-electron chi connectivity index (χ0n) is 13.5. The number of fused-ring (bicyclic) bond motifs is 1. The molecule has 1 heterocycles. The highest BCUT2D eigenvalue weighted by molar-refractivity contribution is 5.79. The highest BCUT2D eigenvalue weighted by atomic mass is 16.4. The molecule has 3 fully saturated rings. The lowest BCUT2D eigenvalue weighted by Gasteiger charge is -2.30. The molecule has 4 atom stereocenters. The first-order chi connectivity index (χ1) is 10.5. The van der Waals surface area contributed by atoms with Crippen molar-refractivity contribution >= 4 is 11.9 Å². The van der Waals surface area contributed by atoms with Crippen LogP contribution in [0.1, 0.15) is 51.9 Å². The molecule has 124 valence electrons. The highest BCUT2D eigenvalue weighted by Crippen LogP contribution is 2.48. The topological polar surface area (TPSA) is 69.6 Å². The summed E-state index contributed by atoms with van der Waals surface area (Å²) in [5, 5.41) is 12.8. The van der Waals surface area contributed by atoms with Gasteiger partial charge < -0.3 is 10.4 Å². The maximum atomic E-state index is 12.3. The number of aliphatic carboxylic acids is 1. The van der Waals surface area contributed by atoms with Crippen LogP contribution >= 0.6 is 0 Å². The van der Waals surface area contributed by atoms with Crippen molar-refractivity contribution in [2.75, 3.05) is 19.6 Å². The number of nitrogens with one attached hydrogen (secondary N) is 1. The van der Waals surface area contributed by atoms with Gasteiger partial charge in [-0.25, -0.2) is 0 Å². The van der Waals surface area contributed by atoms with Crippen molar-refractivity contribution in [3.05, 3.63) is 0 Å². The van der Waals surface area contributed by atoms with Gasteiger partial charge in [0.05, 0.1) is 12.0 Å². The summed E-state index contributed by atoms with van der Waals surface area (Å²) in [5.74, 6) is 0.186. The molecule has 2 N–H and O–H groups in total. The third kappa shape index (κ3) is 2.87. The van der Waals surface area contributed by atoms with E-state index in [0.717, 1.165) is 32.2 Å². The van der Waals surface area contributed by atoms with Gasteiger partial charge in [-0.2, -0.15) is 0 Å².